The maximum atomic E-state index is 6.60. The first-order valence-corrected chi connectivity index (χ1v) is 19.1. The van der Waals surface area contributed by atoms with E-state index in [1.54, 1.807) is 0 Å². The molecule has 3 aromatic heterocycles. The van der Waals surface area contributed by atoms with Crippen molar-refractivity contribution in [1.29, 1.82) is 0 Å². The summed E-state index contributed by atoms with van der Waals surface area (Å²) in [4.78, 5) is 2.33. The summed E-state index contributed by atoms with van der Waals surface area (Å²) in [6, 6.07) is 63.6. The highest BCUT2D eigenvalue weighted by atomic mass is 32.1. The van der Waals surface area contributed by atoms with E-state index in [4.69, 9.17) is 4.42 Å². The minimum absolute atomic E-state index is 0.877. The zero-order chi connectivity index (χ0) is 34.2. The summed E-state index contributed by atoms with van der Waals surface area (Å²) in [5.74, 6) is 0. The summed E-state index contributed by atoms with van der Waals surface area (Å²) in [7, 11) is 0. The normalized spacial score (nSPS) is 11.8. The molecule has 0 aliphatic rings. The highest BCUT2D eigenvalue weighted by Crippen LogP contribution is 2.45. The number of anilines is 3. The Morgan fingerprint density at radius 2 is 0.962 bits per heavy atom. The topological polar surface area (TPSA) is 16.4 Å². The molecular formula is C48H29NOS2. The summed E-state index contributed by atoms with van der Waals surface area (Å²) < 4.78 is 11.9. The monoisotopic (exact) mass is 699 g/mol. The van der Waals surface area contributed by atoms with Crippen molar-refractivity contribution < 1.29 is 4.42 Å². The van der Waals surface area contributed by atoms with Gasteiger partial charge in [0.1, 0.15) is 5.58 Å². The van der Waals surface area contributed by atoms with Crippen LogP contribution in [0.1, 0.15) is 0 Å². The van der Waals surface area contributed by atoms with E-state index in [1.165, 1.54) is 62.6 Å². The first kappa shape index (κ1) is 29.5. The SMILES string of the molecule is c1ccc2c(c1)oc1c(N(c3ccc(-c4ccc5c(c4)sc4ccccc45)cc3)c3ccc(-c4cccc5c4sc4ccccc45)cc3)cccc12. The van der Waals surface area contributed by atoms with Crippen LogP contribution in [0.15, 0.2) is 180 Å². The van der Waals surface area contributed by atoms with Crippen molar-refractivity contribution in [3.8, 4) is 22.3 Å². The van der Waals surface area contributed by atoms with Gasteiger partial charge in [0.15, 0.2) is 5.58 Å². The Hall–Kier alpha value is -6.20. The molecule has 0 saturated carbocycles. The molecule has 0 unspecified atom stereocenters. The number of nitrogens with zero attached hydrogens (tertiary/aromatic N) is 1. The van der Waals surface area contributed by atoms with Gasteiger partial charge in [0, 0.05) is 62.5 Å². The number of benzene rings is 8. The largest absolute Gasteiger partial charge is 0.454 e. The molecule has 0 amide bonds. The van der Waals surface area contributed by atoms with E-state index in [0.717, 1.165) is 39.0 Å². The molecule has 0 spiro atoms. The summed E-state index contributed by atoms with van der Waals surface area (Å²) in [6.45, 7) is 0. The molecule has 8 aromatic carbocycles. The third-order valence-corrected chi connectivity index (χ3v) is 12.7. The number of furan rings is 1. The molecule has 2 nitrogen and oxygen atoms in total. The smallest absolute Gasteiger partial charge is 0.159 e. The zero-order valence-corrected chi connectivity index (χ0v) is 29.5. The number of rotatable bonds is 5. The molecule has 244 valence electrons. The molecule has 0 saturated heterocycles. The fourth-order valence-electron chi connectivity index (χ4n) is 7.81. The van der Waals surface area contributed by atoms with E-state index >= 15 is 0 Å². The molecular weight excluding hydrogens is 671 g/mol. The predicted octanol–water partition coefficient (Wildman–Crippen LogP) is 15.1. The van der Waals surface area contributed by atoms with Crippen molar-refractivity contribution >= 4 is 102 Å². The molecule has 0 radical (unpaired) electrons. The molecule has 52 heavy (non-hydrogen) atoms. The Balaban J connectivity index is 1.04. The third-order valence-electron chi connectivity index (χ3n) is 10.3. The summed E-state index contributed by atoms with van der Waals surface area (Å²) >= 11 is 3.73. The summed E-state index contributed by atoms with van der Waals surface area (Å²) in [5.41, 5.74) is 9.79. The molecule has 0 aliphatic heterocycles. The van der Waals surface area contributed by atoms with Crippen molar-refractivity contribution in [1.82, 2.24) is 0 Å². The predicted molar refractivity (Wildman–Crippen MR) is 225 cm³/mol. The van der Waals surface area contributed by atoms with E-state index in [0.29, 0.717) is 0 Å². The molecule has 0 fully saturated rings. The quantitative estimate of drug-likeness (QED) is 0.178. The third kappa shape index (κ3) is 4.62. The number of hydrogen-bond acceptors (Lipinski definition) is 4. The van der Waals surface area contributed by atoms with Crippen molar-refractivity contribution in [2.45, 2.75) is 0 Å². The van der Waals surface area contributed by atoms with E-state index in [9.17, 15) is 0 Å². The highest BCUT2D eigenvalue weighted by Gasteiger charge is 2.20. The van der Waals surface area contributed by atoms with Gasteiger partial charge in [-0.3, -0.25) is 0 Å². The van der Waals surface area contributed by atoms with Crippen LogP contribution in [-0.2, 0) is 0 Å². The second kappa shape index (κ2) is 11.7. The lowest BCUT2D eigenvalue weighted by Gasteiger charge is -2.26. The maximum absolute atomic E-state index is 6.60. The van der Waals surface area contributed by atoms with Crippen LogP contribution >= 0.6 is 22.7 Å². The van der Waals surface area contributed by atoms with Gasteiger partial charge >= 0.3 is 0 Å². The Morgan fingerprint density at radius 3 is 1.75 bits per heavy atom. The lowest BCUT2D eigenvalue weighted by molar-refractivity contribution is 0.669. The van der Waals surface area contributed by atoms with E-state index in [2.05, 4.69) is 175 Å². The first-order chi connectivity index (χ1) is 25.8. The molecule has 11 rings (SSSR count). The molecule has 0 bridgehead atoms. The summed E-state index contributed by atoms with van der Waals surface area (Å²) in [6.07, 6.45) is 0. The lowest BCUT2D eigenvalue weighted by atomic mass is 10.0. The van der Waals surface area contributed by atoms with Gasteiger partial charge in [-0.15, -0.1) is 22.7 Å². The van der Waals surface area contributed by atoms with Gasteiger partial charge in [-0.05, 0) is 76.9 Å². The van der Waals surface area contributed by atoms with E-state index in [1.807, 2.05) is 28.7 Å². The number of para-hydroxylation sites is 2. The summed E-state index contributed by atoms with van der Waals surface area (Å²) in [5, 5.41) is 7.51. The fraction of sp³-hybridized carbons (Fsp3) is 0. The van der Waals surface area contributed by atoms with Crippen molar-refractivity contribution in [3.63, 3.8) is 0 Å². The molecule has 0 aliphatic carbocycles. The second-order valence-electron chi connectivity index (χ2n) is 13.3. The molecule has 0 N–H and O–H groups in total. The van der Waals surface area contributed by atoms with Gasteiger partial charge in [0.05, 0.1) is 5.69 Å². The Morgan fingerprint density at radius 1 is 0.385 bits per heavy atom. The second-order valence-corrected chi connectivity index (χ2v) is 15.4. The molecule has 11 aromatic rings. The van der Waals surface area contributed by atoms with Crippen LogP contribution < -0.4 is 4.90 Å². The van der Waals surface area contributed by atoms with Crippen LogP contribution in [0.25, 0.3) is 84.5 Å². The van der Waals surface area contributed by atoms with Crippen LogP contribution in [0.3, 0.4) is 0 Å². The van der Waals surface area contributed by atoms with Gasteiger partial charge < -0.3 is 9.32 Å². The molecule has 3 heterocycles. The average molecular weight is 700 g/mol. The number of fused-ring (bicyclic) bond motifs is 9. The maximum Gasteiger partial charge on any atom is 0.159 e. The van der Waals surface area contributed by atoms with Crippen LogP contribution in [0.5, 0.6) is 0 Å². The van der Waals surface area contributed by atoms with Crippen LogP contribution in [0.2, 0.25) is 0 Å². The molecule has 0 atom stereocenters. The van der Waals surface area contributed by atoms with Crippen molar-refractivity contribution in [3.05, 3.63) is 176 Å². The average Bonchev–Trinajstić information content (AvgIpc) is 3.90. The Labute approximate surface area is 308 Å². The standard InChI is InChI=1S/C48H29NOS2/c1-4-16-43-36(9-1)40-13-8-15-42(47(40)50-43)49(33-24-19-30(20-25-33)32-23-28-39-37-10-2-5-17-44(37)51-46(39)29-32)34-26-21-31(22-27-34)35-12-7-14-41-38-11-3-6-18-45(38)52-48(35)41/h1-29H. The first-order valence-electron chi connectivity index (χ1n) is 17.5. The minimum atomic E-state index is 0.877. The minimum Gasteiger partial charge on any atom is -0.454 e. The van der Waals surface area contributed by atoms with Gasteiger partial charge in [0.2, 0.25) is 0 Å². The Bertz CT molecular complexity index is 3130. The Kier molecular flexibility index (Phi) is 6.63. The van der Waals surface area contributed by atoms with E-state index in [-0.39, 0.29) is 0 Å². The van der Waals surface area contributed by atoms with Crippen LogP contribution in [0.4, 0.5) is 17.1 Å². The number of hydrogen-bond donors (Lipinski definition) is 0. The van der Waals surface area contributed by atoms with E-state index < -0.39 is 0 Å². The van der Waals surface area contributed by atoms with Crippen molar-refractivity contribution in [2.24, 2.45) is 0 Å². The van der Waals surface area contributed by atoms with Gasteiger partial charge in [0.25, 0.3) is 0 Å². The van der Waals surface area contributed by atoms with Crippen molar-refractivity contribution in [2.75, 3.05) is 4.90 Å². The molecule has 4 heteroatoms. The van der Waals surface area contributed by atoms with Gasteiger partial charge in [-0.1, -0.05) is 121 Å². The van der Waals surface area contributed by atoms with Gasteiger partial charge in [-0.25, -0.2) is 0 Å². The number of thiophene rings is 2. The zero-order valence-electron chi connectivity index (χ0n) is 27.9. The fourth-order valence-corrected chi connectivity index (χ4v) is 10.2. The van der Waals surface area contributed by atoms with Crippen LogP contribution in [-0.4, -0.2) is 0 Å². The lowest BCUT2D eigenvalue weighted by Crippen LogP contribution is -2.10. The van der Waals surface area contributed by atoms with Gasteiger partial charge in [-0.2, -0.15) is 0 Å². The highest BCUT2D eigenvalue weighted by molar-refractivity contribution is 7.26. The van der Waals surface area contributed by atoms with Crippen LogP contribution in [0, 0.1) is 0 Å².